The second-order valence-corrected chi connectivity index (χ2v) is 18.4. The standard InChI is InChI=1S/C52H59FN10O13S.Tb/c1-3-52(72)37-19-41-46-35(26-63(41)49(70)36(37)27-76-50(52)71)33(34-17-30(2)38(53)20-39(34)62-46)11-7-8-13-75-29-60-43(65)24-57-48(69)40(18-31-9-5-4-6-10-31)61-44(66)25-55-42(64)23-56-45(67)28-74-16-15-73-14-12-54-47(68)32-21-58-51(77)59-22-32;/h4-6,9-10,17,19-22,40,72H,3,7-8,11-16,18,23-29H2,1-2H3,(H,54,68)(H,55,64)(H,56,67)(H,57,69)(H,60,65)(H,61,66)(H,58,59,77);/p-1/t40-,52-;/m0./s1. The number of unbranched alkanes of at least 4 members (excludes halogenated alkanes) is 1. The number of benzene rings is 2. The Hall–Kier alpha value is -6.55. The largest absolute Gasteiger partial charge is 0.740 e. The number of nitrogens with zero attached hydrogens (tertiary/aromatic N) is 4. The normalized spacial score (nSPS) is 14.4. The van der Waals surface area contributed by atoms with Crippen molar-refractivity contribution in [1.29, 1.82) is 0 Å². The van der Waals surface area contributed by atoms with E-state index in [9.17, 15) is 47.9 Å². The number of aromatic nitrogens is 4. The maximum absolute atomic E-state index is 14.9. The molecule has 0 saturated carbocycles. The molecular weight excluding hydrogens is 1180 g/mol. The molecule has 0 saturated heterocycles. The summed E-state index contributed by atoms with van der Waals surface area (Å²) in [6, 6.07) is 12.4. The molecule has 2 aromatic carbocycles. The number of halogens is 1. The molecule has 3 aromatic heterocycles. The van der Waals surface area contributed by atoms with Crippen LogP contribution in [0.2, 0.25) is 0 Å². The van der Waals surface area contributed by atoms with Crippen LogP contribution >= 0.6 is 0 Å². The summed E-state index contributed by atoms with van der Waals surface area (Å²) in [6.07, 6.45) is 4.36. The third kappa shape index (κ3) is 15.8. The number of nitrogens with one attached hydrogen (secondary N) is 6. The number of ether oxygens (including phenoxy) is 4. The van der Waals surface area contributed by atoms with E-state index in [1.54, 1.807) is 60.9 Å². The molecule has 5 heterocycles. The molecular formula is C52H58FN10O13STb-. The molecule has 0 bridgehead atoms. The van der Waals surface area contributed by atoms with Crippen LogP contribution in [0.1, 0.15) is 69.9 Å². The van der Waals surface area contributed by atoms with E-state index in [2.05, 4.69) is 41.9 Å². The van der Waals surface area contributed by atoms with Gasteiger partial charge in [0.2, 0.25) is 29.5 Å². The van der Waals surface area contributed by atoms with E-state index in [1.165, 1.54) is 18.5 Å². The first-order chi connectivity index (χ1) is 37.1. The van der Waals surface area contributed by atoms with Crippen LogP contribution in [0.25, 0.3) is 22.3 Å². The van der Waals surface area contributed by atoms with Crippen LogP contribution in [-0.2, 0) is 91.9 Å². The average Bonchev–Trinajstić information content (AvgIpc) is 3.89. The Morgan fingerprint density at radius 1 is 0.846 bits per heavy atom. The zero-order chi connectivity index (χ0) is 55.1. The number of hydrogen-bond donors (Lipinski definition) is 7. The molecule has 2 aliphatic heterocycles. The van der Waals surface area contributed by atoms with E-state index in [0.29, 0.717) is 47.3 Å². The molecule has 6 amide bonds. The topological polar surface area (TPSA) is 309 Å². The average molecular weight is 1240 g/mol. The van der Waals surface area contributed by atoms with Gasteiger partial charge in [-0.05, 0) is 61.4 Å². The first-order valence-electron chi connectivity index (χ1n) is 24.8. The summed E-state index contributed by atoms with van der Waals surface area (Å²) in [5, 5.41) is 27.2. The monoisotopic (exact) mass is 1240 g/mol. The maximum atomic E-state index is 14.9. The Balaban J connectivity index is 0.00000984. The van der Waals surface area contributed by atoms with E-state index in [0.717, 1.165) is 16.5 Å². The van der Waals surface area contributed by atoms with E-state index in [-0.39, 0.29) is 139 Å². The predicted molar refractivity (Wildman–Crippen MR) is 274 cm³/mol. The number of hydrogen-bond acceptors (Lipinski definition) is 17. The van der Waals surface area contributed by atoms with Crippen molar-refractivity contribution >= 4 is 64.9 Å². The SMILES string of the molecule is CC[C@@]1(O)C(=O)OCc2c1cc1n(c2=O)Cc2c-1nc1cc(F)c(C)cc1c2CCCCOCNC(=O)CNC(=O)[C@H](Cc1ccccc1)NC(=O)CNC(=O)CNC(=O)COCCOCCNC(=O)c1cnc([S-])nc1.[Tb]. The fourth-order valence-electron chi connectivity index (χ4n) is 8.57. The number of fused-ring (bicyclic) bond motifs is 5. The fourth-order valence-corrected chi connectivity index (χ4v) is 8.68. The van der Waals surface area contributed by atoms with Crippen LogP contribution in [0.3, 0.4) is 0 Å². The molecule has 2 aliphatic rings. The Kier molecular flexibility index (Phi) is 22.5. The van der Waals surface area contributed by atoms with Crippen LogP contribution in [-0.4, -0.2) is 138 Å². The van der Waals surface area contributed by atoms with Crippen molar-refractivity contribution in [2.45, 2.75) is 75.9 Å². The molecule has 2 atom stereocenters. The molecule has 7 N–H and O–H groups in total. The Bertz CT molecular complexity index is 3080. The van der Waals surface area contributed by atoms with Crippen molar-refractivity contribution in [3.05, 3.63) is 116 Å². The summed E-state index contributed by atoms with van der Waals surface area (Å²) in [5.41, 5.74) is 2.29. The minimum Gasteiger partial charge on any atom is -0.740 e. The molecule has 0 fully saturated rings. The van der Waals surface area contributed by atoms with Crippen molar-refractivity contribution in [2.75, 3.05) is 65.9 Å². The fraction of sp³-hybridized carbons (Fsp3) is 0.404. The zero-order valence-corrected chi connectivity index (χ0v) is 45.6. The van der Waals surface area contributed by atoms with E-state index in [1.807, 2.05) is 0 Å². The number of carbonyl (C=O) groups excluding carboxylic acids is 7. The first kappa shape index (κ1) is 60.7. The second-order valence-electron chi connectivity index (χ2n) is 18.0. The van der Waals surface area contributed by atoms with Crippen LogP contribution in [0.4, 0.5) is 4.39 Å². The van der Waals surface area contributed by atoms with Gasteiger partial charge in [-0.15, -0.1) is 0 Å². The summed E-state index contributed by atoms with van der Waals surface area (Å²) in [7, 11) is 0. The van der Waals surface area contributed by atoms with E-state index in [4.69, 9.17) is 36.6 Å². The molecule has 417 valence electrons. The molecule has 78 heavy (non-hydrogen) atoms. The Morgan fingerprint density at radius 3 is 2.31 bits per heavy atom. The van der Waals surface area contributed by atoms with Crippen LogP contribution in [0, 0.1) is 51.4 Å². The quantitative estimate of drug-likeness (QED) is 0.0119. The van der Waals surface area contributed by atoms with Gasteiger partial charge in [0.15, 0.2) is 5.60 Å². The molecule has 0 spiro atoms. The molecule has 7 rings (SSSR count). The number of aliphatic hydroxyl groups is 1. The van der Waals surface area contributed by atoms with Gasteiger partial charge in [0.1, 0.15) is 31.8 Å². The zero-order valence-electron chi connectivity index (χ0n) is 42.6. The minimum atomic E-state index is -2.00. The Labute approximate surface area is 483 Å². The van der Waals surface area contributed by atoms with Gasteiger partial charge in [0, 0.05) is 98.3 Å². The number of carbonyl (C=O) groups is 7. The van der Waals surface area contributed by atoms with Gasteiger partial charge in [-0.1, -0.05) is 37.3 Å². The number of aryl methyl sites for hydroxylation is 2. The smallest absolute Gasteiger partial charge is 0.343 e. The molecule has 23 nitrogen and oxygen atoms in total. The third-order valence-corrected chi connectivity index (χ3v) is 12.9. The van der Waals surface area contributed by atoms with Crippen molar-refractivity contribution in [3.63, 3.8) is 0 Å². The van der Waals surface area contributed by atoms with Gasteiger partial charge in [-0.2, -0.15) is 0 Å². The summed E-state index contributed by atoms with van der Waals surface area (Å²) in [6.45, 7) is 2.08. The van der Waals surface area contributed by atoms with Crippen LogP contribution in [0.5, 0.6) is 0 Å². The maximum Gasteiger partial charge on any atom is 0.343 e. The molecule has 26 heteroatoms. The van der Waals surface area contributed by atoms with E-state index >= 15 is 0 Å². The first-order valence-corrected chi connectivity index (χ1v) is 25.2. The van der Waals surface area contributed by atoms with Crippen LogP contribution < -0.4 is 37.5 Å². The van der Waals surface area contributed by atoms with Gasteiger partial charge in [-0.25, -0.2) is 14.2 Å². The van der Waals surface area contributed by atoms with Gasteiger partial charge in [0.05, 0.1) is 74.0 Å². The van der Waals surface area contributed by atoms with Gasteiger partial charge >= 0.3 is 5.97 Å². The molecule has 0 aliphatic carbocycles. The van der Waals surface area contributed by atoms with Crippen molar-refractivity contribution in [2.24, 2.45) is 0 Å². The number of cyclic esters (lactones) is 1. The Morgan fingerprint density at radius 2 is 1.55 bits per heavy atom. The predicted octanol–water partition coefficient (Wildman–Crippen LogP) is 0.175. The van der Waals surface area contributed by atoms with Crippen molar-refractivity contribution in [1.82, 2.24) is 51.4 Å². The number of rotatable bonds is 27. The van der Waals surface area contributed by atoms with Gasteiger partial charge in [-0.3, -0.25) is 43.5 Å². The number of amides is 6. The van der Waals surface area contributed by atoms with Crippen molar-refractivity contribution in [3.8, 4) is 11.4 Å². The van der Waals surface area contributed by atoms with Gasteiger partial charge in [0.25, 0.3) is 11.5 Å². The molecule has 1 radical (unpaired) electrons. The second kappa shape index (κ2) is 28.9. The summed E-state index contributed by atoms with van der Waals surface area (Å²) in [5.74, 6) is -4.86. The molecule has 0 unspecified atom stereocenters. The van der Waals surface area contributed by atoms with E-state index < -0.39 is 78.2 Å². The molecule has 5 aromatic rings. The number of pyridine rings is 2. The van der Waals surface area contributed by atoms with Crippen LogP contribution in [0.15, 0.2) is 70.9 Å². The minimum absolute atomic E-state index is 0. The van der Waals surface area contributed by atoms with Gasteiger partial charge < -0.3 is 73.2 Å². The summed E-state index contributed by atoms with van der Waals surface area (Å²) < 4.78 is 37.9. The summed E-state index contributed by atoms with van der Waals surface area (Å²) >= 11 is 4.79. The third-order valence-electron chi connectivity index (χ3n) is 12.7. The number of esters is 1. The van der Waals surface area contributed by atoms with Crippen molar-refractivity contribution < 1.29 is 101 Å². The summed E-state index contributed by atoms with van der Waals surface area (Å²) in [4.78, 5) is 114.